The maximum Gasteiger partial charge on any atom is 0.0551 e. The van der Waals surface area contributed by atoms with Crippen molar-refractivity contribution < 1.29 is 4.74 Å². The predicted octanol–water partition coefficient (Wildman–Crippen LogP) is 3.22. The molecule has 0 saturated carbocycles. The maximum atomic E-state index is 5.71. The van der Waals surface area contributed by atoms with Crippen molar-refractivity contribution in [2.24, 2.45) is 11.8 Å². The molecule has 1 rings (SSSR count). The summed E-state index contributed by atoms with van der Waals surface area (Å²) in [5.74, 6) is 1.50. The fourth-order valence-electron chi connectivity index (χ4n) is 2.88. The van der Waals surface area contributed by atoms with Crippen LogP contribution >= 0.6 is 0 Å². The molecule has 1 N–H and O–H groups in total. The summed E-state index contributed by atoms with van der Waals surface area (Å²) in [5, 5.41) is 3.74. The van der Waals surface area contributed by atoms with Gasteiger partial charge in [-0.1, -0.05) is 27.2 Å². The summed E-state index contributed by atoms with van der Waals surface area (Å²) in [6.45, 7) is 11.2. The molecule has 1 aliphatic heterocycles. The molecule has 0 aliphatic carbocycles. The lowest BCUT2D eigenvalue weighted by molar-refractivity contribution is 0.113. The average Bonchev–Trinajstić information content (AvgIpc) is 2.66. The first-order valence-corrected chi connectivity index (χ1v) is 7.04. The maximum absolute atomic E-state index is 5.71. The van der Waals surface area contributed by atoms with Gasteiger partial charge in [-0.2, -0.15) is 0 Å². The van der Waals surface area contributed by atoms with Crippen LogP contribution in [-0.4, -0.2) is 25.3 Å². The summed E-state index contributed by atoms with van der Waals surface area (Å²) in [7, 11) is 0. The van der Waals surface area contributed by atoms with Gasteiger partial charge in [0.05, 0.1) is 12.7 Å². The van der Waals surface area contributed by atoms with E-state index in [9.17, 15) is 0 Å². The third-order valence-electron chi connectivity index (χ3n) is 3.72. The molecular formula is C14H29NO. The minimum atomic E-state index is 0.463. The van der Waals surface area contributed by atoms with Gasteiger partial charge in [-0.15, -0.1) is 0 Å². The largest absolute Gasteiger partial charge is 0.378 e. The quantitative estimate of drug-likeness (QED) is 0.721. The van der Waals surface area contributed by atoms with Crippen LogP contribution in [0.25, 0.3) is 0 Å². The first-order chi connectivity index (χ1) is 7.69. The molecule has 16 heavy (non-hydrogen) atoms. The van der Waals surface area contributed by atoms with Gasteiger partial charge in [-0.25, -0.2) is 0 Å². The van der Waals surface area contributed by atoms with Crippen LogP contribution in [0.15, 0.2) is 0 Å². The van der Waals surface area contributed by atoms with Crippen molar-refractivity contribution in [3.05, 3.63) is 0 Å². The first kappa shape index (κ1) is 14.0. The summed E-state index contributed by atoms with van der Waals surface area (Å²) in [5.41, 5.74) is 0. The van der Waals surface area contributed by atoms with Crippen molar-refractivity contribution in [2.45, 2.75) is 65.5 Å². The fourth-order valence-corrected chi connectivity index (χ4v) is 2.88. The minimum Gasteiger partial charge on any atom is -0.378 e. The average molecular weight is 227 g/mol. The van der Waals surface area contributed by atoms with Crippen molar-refractivity contribution in [1.82, 2.24) is 5.32 Å². The van der Waals surface area contributed by atoms with Crippen molar-refractivity contribution in [1.29, 1.82) is 0 Å². The lowest BCUT2D eigenvalue weighted by atomic mass is 9.85. The Hall–Kier alpha value is -0.0800. The van der Waals surface area contributed by atoms with Gasteiger partial charge < -0.3 is 10.1 Å². The Morgan fingerprint density at radius 2 is 2.06 bits per heavy atom. The van der Waals surface area contributed by atoms with Gasteiger partial charge in [-0.05, 0) is 38.6 Å². The second kappa shape index (κ2) is 7.29. The molecule has 1 aliphatic rings. The molecule has 1 heterocycles. The Labute approximate surface area is 101 Å². The lowest BCUT2D eigenvalue weighted by Gasteiger charge is -2.29. The zero-order chi connectivity index (χ0) is 12.0. The third kappa shape index (κ3) is 4.06. The highest BCUT2D eigenvalue weighted by molar-refractivity contribution is 4.85. The molecule has 2 nitrogen and oxygen atoms in total. The first-order valence-electron chi connectivity index (χ1n) is 7.04. The SMILES string of the molecule is CCCNC(C(C)CCC)C1COC(C)C1. The smallest absolute Gasteiger partial charge is 0.0551 e. The van der Waals surface area contributed by atoms with Crippen LogP contribution in [0.2, 0.25) is 0 Å². The second-order valence-corrected chi connectivity index (χ2v) is 5.39. The second-order valence-electron chi connectivity index (χ2n) is 5.39. The number of hydrogen-bond acceptors (Lipinski definition) is 2. The summed E-state index contributed by atoms with van der Waals surface area (Å²) in [4.78, 5) is 0. The van der Waals surface area contributed by atoms with E-state index in [-0.39, 0.29) is 0 Å². The fraction of sp³-hybridized carbons (Fsp3) is 1.00. The summed E-state index contributed by atoms with van der Waals surface area (Å²) in [6, 6.07) is 0.657. The van der Waals surface area contributed by atoms with Gasteiger partial charge in [0, 0.05) is 12.0 Å². The van der Waals surface area contributed by atoms with E-state index >= 15 is 0 Å². The van der Waals surface area contributed by atoms with Crippen LogP contribution in [-0.2, 0) is 4.74 Å². The lowest BCUT2D eigenvalue weighted by Crippen LogP contribution is -2.42. The zero-order valence-electron chi connectivity index (χ0n) is 11.5. The van der Waals surface area contributed by atoms with E-state index < -0.39 is 0 Å². The molecule has 0 bridgehead atoms. The topological polar surface area (TPSA) is 21.3 Å². The number of nitrogens with one attached hydrogen (secondary N) is 1. The molecule has 0 amide bonds. The summed E-state index contributed by atoms with van der Waals surface area (Å²) >= 11 is 0. The normalized spacial score (nSPS) is 29.2. The standard InChI is InChI=1S/C14H29NO/c1-5-7-11(3)14(15-8-6-2)13-9-12(4)16-10-13/h11-15H,5-10H2,1-4H3. The molecular weight excluding hydrogens is 198 g/mol. The third-order valence-corrected chi connectivity index (χ3v) is 3.72. The van der Waals surface area contributed by atoms with Crippen molar-refractivity contribution in [3.8, 4) is 0 Å². The molecule has 1 fully saturated rings. The predicted molar refractivity (Wildman–Crippen MR) is 69.7 cm³/mol. The molecule has 96 valence electrons. The molecule has 2 heteroatoms. The molecule has 0 aromatic carbocycles. The molecule has 1 saturated heterocycles. The molecule has 0 aromatic heterocycles. The van der Waals surface area contributed by atoms with Gasteiger partial charge >= 0.3 is 0 Å². The Morgan fingerprint density at radius 1 is 1.31 bits per heavy atom. The number of ether oxygens (including phenoxy) is 1. The van der Waals surface area contributed by atoms with Crippen molar-refractivity contribution in [2.75, 3.05) is 13.2 Å². The Balaban J connectivity index is 2.48. The van der Waals surface area contributed by atoms with Crippen LogP contribution in [0.3, 0.4) is 0 Å². The Morgan fingerprint density at radius 3 is 2.56 bits per heavy atom. The van der Waals surface area contributed by atoms with Crippen molar-refractivity contribution >= 4 is 0 Å². The monoisotopic (exact) mass is 227 g/mol. The number of rotatable bonds is 7. The van der Waals surface area contributed by atoms with E-state index in [0.717, 1.165) is 25.0 Å². The van der Waals surface area contributed by atoms with Gasteiger partial charge in [0.15, 0.2) is 0 Å². The minimum absolute atomic E-state index is 0.463. The van der Waals surface area contributed by atoms with Crippen LogP contribution in [0.1, 0.15) is 53.4 Å². The summed E-state index contributed by atoms with van der Waals surface area (Å²) in [6.07, 6.45) is 5.53. The van der Waals surface area contributed by atoms with Gasteiger partial charge in [0.2, 0.25) is 0 Å². The highest BCUT2D eigenvalue weighted by atomic mass is 16.5. The van der Waals surface area contributed by atoms with Crippen LogP contribution in [0, 0.1) is 11.8 Å². The Bertz CT molecular complexity index is 184. The molecule has 4 unspecified atom stereocenters. The Kier molecular flexibility index (Phi) is 6.37. The van der Waals surface area contributed by atoms with E-state index in [1.807, 2.05) is 0 Å². The van der Waals surface area contributed by atoms with E-state index in [1.165, 1.54) is 25.7 Å². The van der Waals surface area contributed by atoms with E-state index in [2.05, 4.69) is 33.0 Å². The van der Waals surface area contributed by atoms with Crippen LogP contribution in [0.5, 0.6) is 0 Å². The van der Waals surface area contributed by atoms with Gasteiger partial charge in [-0.3, -0.25) is 0 Å². The van der Waals surface area contributed by atoms with E-state index in [1.54, 1.807) is 0 Å². The zero-order valence-corrected chi connectivity index (χ0v) is 11.5. The van der Waals surface area contributed by atoms with Crippen LogP contribution in [0.4, 0.5) is 0 Å². The van der Waals surface area contributed by atoms with Crippen molar-refractivity contribution in [3.63, 3.8) is 0 Å². The summed E-state index contributed by atoms with van der Waals surface area (Å²) < 4.78 is 5.71. The number of hydrogen-bond donors (Lipinski definition) is 1. The van der Waals surface area contributed by atoms with E-state index in [0.29, 0.717) is 12.1 Å². The highest BCUT2D eigenvalue weighted by Crippen LogP contribution is 2.27. The molecule has 0 aromatic rings. The van der Waals surface area contributed by atoms with E-state index in [4.69, 9.17) is 4.74 Å². The molecule has 0 radical (unpaired) electrons. The molecule has 0 spiro atoms. The van der Waals surface area contributed by atoms with Gasteiger partial charge in [0.25, 0.3) is 0 Å². The molecule has 4 atom stereocenters. The highest BCUT2D eigenvalue weighted by Gasteiger charge is 2.31. The van der Waals surface area contributed by atoms with Gasteiger partial charge in [0.1, 0.15) is 0 Å². The van der Waals surface area contributed by atoms with Crippen LogP contribution < -0.4 is 5.32 Å².